The van der Waals surface area contributed by atoms with E-state index in [0.717, 1.165) is 15.7 Å². The van der Waals surface area contributed by atoms with Gasteiger partial charge in [-0.15, -0.1) is 0 Å². The third-order valence-electron chi connectivity index (χ3n) is 2.52. The van der Waals surface area contributed by atoms with E-state index in [0.29, 0.717) is 12.2 Å². The number of aryl methyl sites for hydroxylation is 1. The molecule has 2 rings (SSSR count). The summed E-state index contributed by atoms with van der Waals surface area (Å²) in [7, 11) is 0. The second-order valence-electron chi connectivity index (χ2n) is 3.99. The van der Waals surface area contributed by atoms with Gasteiger partial charge in [0.2, 0.25) is 0 Å². The SMILES string of the molecule is Cc1cc(Br)cc(NCc2cccnc2C#N)c1. The molecule has 2 aromatic rings. The third-order valence-corrected chi connectivity index (χ3v) is 2.98. The van der Waals surface area contributed by atoms with Crippen LogP contribution in [0, 0.1) is 18.3 Å². The van der Waals surface area contributed by atoms with Gasteiger partial charge in [0, 0.05) is 28.5 Å². The van der Waals surface area contributed by atoms with Crippen LogP contribution in [0.3, 0.4) is 0 Å². The maximum absolute atomic E-state index is 8.96. The van der Waals surface area contributed by atoms with Gasteiger partial charge in [-0.1, -0.05) is 22.0 Å². The minimum absolute atomic E-state index is 0.469. The van der Waals surface area contributed by atoms with E-state index in [1.165, 1.54) is 5.56 Å². The highest BCUT2D eigenvalue weighted by Crippen LogP contribution is 2.19. The van der Waals surface area contributed by atoms with Crippen LogP contribution in [-0.4, -0.2) is 4.98 Å². The summed E-state index contributed by atoms with van der Waals surface area (Å²) in [6.45, 7) is 2.63. The molecular weight excluding hydrogens is 290 g/mol. The predicted molar refractivity (Wildman–Crippen MR) is 75.2 cm³/mol. The van der Waals surface area contributed by atoms with Gasteiger partial charge in [0.1, 0.15) is 11.8 Å². The van der Waals surface area contributed by atoms with Gasteiger partial charge in [0.05, 0.1) is 0 Å². The van der Waals surface area contributed by atoms with E-state index in [4.69, 9.17) is 5.26 Å². The lowest BCUT2D eigenvalue weighted by molar-refractivity contribution is 1.09. The predicted octanol–water partition coefficient (Wildman–Crippen LogP) is 3.64. The van der Waals surface area contributed by atoms with E-state index < -0.39 is 0 Å². The Morgan fingerprint density at radius 1 is 1.39 bits per heavy atom. The highest BCUT2D eigenvalue weighted by atomic mass is 79.9. The summed E-state index contributed by atoms with van der Waals surface area (Å²) in [4.78, 5) is 4.03. The second kappa shape index (κ2) is 5.65. The Labute approximate surface area is 115 Å². The first kappa shape index (κ1) is 12.6. The quantitative estimate of drug-likeness (QED) is 0.941. The topological polar surface area (TPSA) is 48.7 Å². The van der Waals surface area contributed by atoms with Crippen LogP contribution in [0.25, 0.3) is 0 Å². The number of benzene rings is 1. The van der Waals surface area contributed by atoms with Gasteiger partial charge >= 0.3 is 0 Å². The van der Waals surface area contributed by atoms with Crippen molar-refractivity contribution in [1.29, 1.82) is 5.26 Å². The van der Waals surface area contributed by atoms with E-state index in [2.05, 4.69) is 44.4 Å². The van der Waals surface area contributed by atoms with Crippen molar-refractivity contribution in [3.8, 4) is 6.07 Å². The number of aromatic nitrogens is 1. The second-order valence-corrected chi connectivity index (χ2v) is 4.91. The first-order valence-corrected chi connectivity index (χ1v) is 6.33. The number of anilines is 1. The number of nitrogens with zero attached hydrogens (tertiary/aromatic N) is 2. The molecule has 0 amide bonds. The molecule has 0 bridgehead atoms. The van der Waals surface area contributed by atoms with E-state index in [1.54, 1.807) is 6.20 Å². The molecule has 0 saturated carbocycles. The average Bonchev–Trinajstić information content (AvgIpc) is 2.35. The summed E-state index contributed by atoms with van der Waals surface area (Å²) in [5.74, 6) is 0. The fraction of sp³-hybridized carbons (Fsp3) is 0.143. The van der Waals surface area contributed by atoms with Crippen LogP contribution < -0.4 is 5.32 Å². The molecule has 0 aliphatic rings. The van der Waals surface area contributed by atoms with Gasteiger partial charge in [-0.05, 0) is 36.8 Å². The summed E-state index contributed by atoms with van der Waals surface area (Å²) in [5, 5.41) is 12.3. The molecule has 3 nitrogen and oxygen atoms in total. The molecule has 0 aliphatic carbocycles. The maximum atomic E-state index is 8.96. The van der Waals surface area contributed by atoms with Crippen molar-refractivity contribution in [1.82, 2.24) is 4.98 Å². The minimum Gasteiger partial charge on any atom is -0.381 e. The van der Waals surface area contributed by atoms with Gasteiger partial charge in [-0.3, -0.25) is 0 Å². The van der Waals surface area contributed by atoms with E-state index in [-0.39, 0.29) is 0 Å². The van der Waals surface area contributed by atoms with Gasteiger partial charge in [-0.2, -0.15) is 5.26 Å². The first-order chi connectivity index (χ1) is 8.69. The fourth-order valence-corrected chi connectivity index (χ4v) is 2.33. The summed E-state index contributed by atoms with van der Waals surface area (Å²) >= 11 is 3.46. The summed E-state index contributed by atoms with van der Waals surface area (Å²) in [6.07, 6.45) is 1.63. The molecule has 0 atom stereocenters. The van der Waals surface area contributed by atoms with Gasteiger partial charge in [-0.25, -0.2) is 4.98 Å². The van der Waals surface area contributed by atoms with Gasteiger partial charge < -0.3 is 5.32 Å². The monoisotopic (exact) mass is 301 g/mol. The molecule has 0 radical (unpaired) electrons. The van der Waals surface area contributed by atoms with Crippen molar-refractivity contribution in [2.75, 3.05) is 5.32 Å². The molecule has 1 heterocycles. The van der Waals surface area contributed by atoms with Crippen LogP contribution in [0.15, 0.2) is 41.0 Å². The fourth-order valence-electron chi connectivity index (χ4n) is 1.72. The molecule has 1 N–H and O–H groups in total. The zero-order valence-corrected chi connectivity index (χ0v) is 11.5. The number of halogens is 1. The average molecular weight is 302 g/mol. The number of hydrogen-bond donors (Lipinski definition) is 1. The lowest BCUT2D eigenvalue weighted by Gasteiger charge is -2.08. The van der Waals surface area contributed by atoms with Crippen molar-refractivity contribution in [2.45, 2.75) is 13.5 Å². The third kappa shape index (κ3) is 3.08. The van der Waals surface area contributed by atoms with Crippen LogP contribution in [0.5, 0.6) is 0 Å². The molecule has 0 unspecified atom stereocenters. The molecule has 90 valence electrons. The Balaban J connectivity index is 2.14. The Hall–Kier alpha value is -1.86. The minimum atomic E-state index is 0.469. The Morgan fingerprint density at radius 2 is 2.22 bits per heavy atom. The molecule has 0 saturated heterocycles. The van der Waals surface area contributed by atoms with Crippen molar-refractivity contribution in [3.05, 3.63) is 57.8 Å². The highest BCUT2D eigenvalue weighted by molar-refractivity contribution is 9.10. The Bertz CT molecular complexity index is 582. The van der Waals surface area contributed by atoms with Crippen LogP contribution in [-0.2, 0) is 6.54 Å². The van der Waals surface area contributed by atoms with Crippen molar-refractivity contribution in [3.63, 3.8) is 0 Å². The lowest BCUT2D eigenvalue weighted by atomic mass is 10.2. The van der Waals surface area contributed by atoms with Crippen LogP contribution >= 0.6 is 15.9 Å². The molecule has 0 spiro atoms. The highest BCUT2D eigenvalue weighted by Gasteiger charge is 2.02. The molecule has 0 aliphatic heterocycles. The molecule has 0 fully saturated rings. The van der Waals surface area contributed by atoms with Gasteiger partial charge in [0.15, 0.2) is 0 Å². The summed E-state index contributed by atoms with van der Waals surface area (Å²) in [5.41, 5.74) is 3.57. The Kier molecular flexibility index (Phi) is 3.96. The largest absolute Gasteiger partial charge is 0.381 e. The van der Waals surface area contributed by atoms with Crippen molar-refractivity contribution in [2.24, 2.45) is 0 Å². The molecular formula is C14H12BrN3. The van der Waals surface area contributed by atoms with E-state index in [9.17, 15) is 0 Å². The number of nitrogens with one attached hydrogen (secondary N) is 1. The zero-order valence-electron chi connectivity index (χ0n) is 9.94. The number of nitriles is 1. The Morgan fingerprint density at radius 3 is 2.94 bits per heavy atom. The van der Waals surface area contributed by atoms with Crippen LogP contribution in [0.4, 0.5) is 5.69 Å². The normalized spacial score (nSPS) is 9.83. The molecule has 4 heteroatoms. The number of pyridine rings is 1. The van der Waals surface area contributed by atoms with Crippen molar-refractivity contribution < 1.29 is 0 Å². The molecule has 1 aromatic heterocycles. The first-order valence-electron chi connectivity index (χ1n) is 5.54. The lowest BCUT2D eigenvalue weighted by Crippen LogP contribution is -2.02. The number of hydrogen-bond acceptors (Lipinski definition) is 3. The smallest absolute Gasteiger partial charge is 0.145 e. The summed E-state index contributed by atoms with van der Waals surface area (Å²) in [6, 6.07) is 12.0. The standard InChI is InChI=1S/C14H12BrN3/c1-10-5-12(15)7-13(6-10)18-9-11-3-2-4-17-14(11)8-16/h2-7,18H,9H2,1H3. The van der Waals surface area contributed by atoms with Crippen LogP contribution in [0.1, 0.15) is 16.8 Å². The van der Waals surface area contributed by atoms with Crippen LogP contribution in [0.2, 0.25) is 0 Å². The zero-order chi connectivity index (χ0) is 13.0. The van der Waals surface area contributed by atoms with Gasteiger partial charge in [0.25, 0.3) is 0 Å². The van der Waals surface area contributed by atoms with E-state index in [1.807, 2.05) is 25.1 Å². The summed E-state index contributed by atoms with van der Waals surface area (Å²) < 4.78 is 1.04. The molecule has 1 aromatic carbocycles. The van der Waals surface area contributed by atoms with E-state index >= 15 is 0 Å². The van der Waals surface area contributed by atoms with Crippen molar-refractivity contribution >= 4 is 21.6 Å². The molecule has 18 heavy (non-hydrogen) atoms. The number of rotatable bonds is 3. The maximum Gasteiger partial charge on any atom is 0.145 e.